The van der Waals surface area contributed by atoms with E-state index in [4.69, 9.17) is 5.73 Å². The third-order valence-electron chi connectivity index (χ3n) is 3.51. The third kappa shape index (κ3) is 3.06. The molecule has 1 amide bonds. The number of nitrogens with two attached hydrogens (primary N) is 1. The van der Waals surface area contributed by atoms with Crippen LogP contribution in [-0.2, 0) is 6.54 Å². The number of carbonyl (C=O) groups excluding carboxylic acids is 1. The van der Waals surface area contributed by atoms with E-state index in [1.807, 2.05) is 31.2 Å². The van der Waals surface area contributed by atoms with E-state index in [0.717, 1.165) is 11.3 Å². The summed E-state index contributed by atoms with van der Waals surface area (Å²) in [7, 11) is 0. The van der Waals surface area contributed by atoms with Crippen LogP contribution >= 0.6 is 0 Å². The van der Waals surface area contributed by atoms with Crippen LogP contribution in [0.25, 0.3) is 0 Å². The Morgan fingerprint density at radius 2 is 1.86 bits per heavy atom. The maximum absolute atomic E-state index is 12.6. The van der Waals surface area contributed by atoms with Crippen molar-refractivity contribution >= 4 is 11.6 Å². The van der Waals surface area contributed by atoms with Gasteiger partial charge in [-0.05, 0) is 43.2 Å². The molecule has 2 aromatic rings. The largest absolute Gasteiger partial charge is 0.507 e. The molecular formula is C17H20N2O2. The predicted octanol–water partition coefficient (Wildman–Crippen LogP) is 2.83. The Morgan fingerprint density at radius 3 is 2.43 bits per heavy atom. The summed E-state index contributed by atoms with van der Waals surface area (Å²) in [4.78, 5) is 14.3. The minimum atomic E-state index is -0.209. The molecule has 0 fully saturated rings. The van der Waals surface area contributed by atoms with E-state index in [1.54, 1.807) is 30.0 Å². The lowest BCUT2D eigenvalue weighted by molar-refractivity contribution is 0.0985. The molecule has 2 aromatic carbocycles. The molecule has 0 atom stereocenters. The molecule has 0 aliphatic rings. The van der Waals surface area contributed by atoms with Gasteiger partial charge in [0.1, 0.15) is 5.75 Å². The number of para-hydroxylation sites is 1. The van der Waals surface area contributed by atoms with Crippen LogP contribution < -0.4 is 10.6 Å². The van der Waals surface area contributed by atoms with Crippen LogP contribution in [0.2, 0.25) is 0 Å². The van der Waals surface area contributed by atoms with Crippen molar-refractivity contribution in [3.63, 3.8) is 0 Å². The van der Waals surface area contributed by atoms with E-state index < -0.39 is 0 Å². The first-order valence-corrected chi connectivity index (χ1v) is 6.98. The average Bonchev–Trinajstić information content (AvgIpc) is 2.51. The lowest BCUT2D eigenvalue weighted by Crippen LogP contribution is -2.30. The van der Waals surface area contributed by atoms with Crippen molar-refractivity contribution in [3.05, 3.63) is 59.2 Å². The molecule has 0 aromatic heterocycles. The number of aryl methyl sites for hydroxylation is 1. The fourth-order valence-electron chi connectivity index (χ4n) is 2.23. The van der Waals surface area contributed by atoms with Crippen LogP contribution in [0.4, 0.5) is 5.69 Å². The van der Waals surface area contributed by atoms with Gasteiger partial charge in [-0.1, -0.05) is 24.3 Å². The number of nitrogens with zero attached hydrogens (tertiary/aromatic N) is 1. The Balaban J connectivity index is 2.35. The van der Waals surface area contributed by atoms with Crippen molar-refractivity contribution in [2.45, 2.75) is 20.4 Å². The van der Waals surface area contributed by atoms with Crippen LogP contribution in [0, 0.1) is 6.92 Å². The van der Waals surface area contributed by atoms with Crippen LogP contribution in [0.15, 0.2) is 42.5 Å². The van der Waals surface area contributed by atoms with Crippen molar-refractivity contribution in [3.8, 4) is 5.75 Å². The Labute approximate surface area is 124 Å². The first-order valence-electron chi connectivity index (χ1n) is 6.98. The number of phenols is 1. The van der Waals surface area contributed by atoms with Crippen molar-refractivity contribution in [1.29, 1.82) is 0 Å². The van der Waals surface area contributed by atoms with Crippen molar-refractivity contribution < 1.29 is 9.90 Å². The SMILES string of the molecule is CCN(C(=O)c1cccc(C)c1O)c1ccc(CN)cc1. The van der Waals surface area contributed by atoms with Gasteiger partial charge in [0, 0.05) is 18.8 Å². The van der Waals surface area contributed by atoms with Gasteiger partial charge >= 0.3 is 0 Å². The maximum Gasteiger partial charge on any atom is 0.262 e. The standard InChI is InChI=1S/C17H20N2O2/c1-3-19(14-9-7-13(11-18)8-10-14)17(21)15-6-4-5-12(2)16(15)20/h4-10,20H,3,11,18H2,1-2H3. The second kappa shape index (κ2) is 6.41. The molecule has 0 spiro atoms. The normalized spacial score (nSPS) is 10.4. The fourth-order valence-corrected chi connectivity index (χ4v) is 2.23. The van der Waals surface area contributed by atoms with Gasteiger partial charge in [0.15, 0.2) is 0 Å². The minimum Gasteiger partial charge on any atom is -0.507 e. The van der Waals surface area contributed by atoms with Crippen LogP contribution in [0.1, 0.15) is 28.4 Å². The van der Waals surface area contributed by atoms with E-state index in [-0.39, 0.29) is 11.7 Å². The monoisotopic (exact) mass is 284 g/mol. The highest BCUT2D eigenvalue weighted by Gasteiger charge is 2.19. The summed E-state index contributed by atoms with van der Waals surface area (Å²) in [5, 5.41) is 10.1. The Morgan fingerprint density at radius 1 is 1.19 bits per heavy atom. The zero-order chi connectivity index (χ0) is 15.4. The first kappa shape index (κ1) is 15.1. The molecule has 0 aliphatic heterocycles. The van der Waals surface area contributed by atoms with Gasteiger partial charge in [-0.15, -0.1) is 0 Å². The maximum atomic E-state index is 12.6. The number of anilines is 1. The number of rotatable bonds is 4. The van der Waals surface area contributed by atoms with Gasteiger partial charge in [0.2, 0.25) is 0 Å². The zero-order valence-electron chi connectivity index (χ0n) is 12.3. The number of hydrogen-bond donors (Lipinski definition) is 2. The Kier molecular flexibility index (Phi) is 4.60. The van der Waals surface area contributed by atoms with E-state index in [9.17, 15) is 9.90 Å². The lowest BCUT2D eigenvalue weighted by atomic mass is 10.1. The Hall–Kier alpha value is -2.33. The molecule has 3 N–H and O–H groups in total. The van der Waals surface area contributed by atoms with Crippen LogP contribution in [-0.4, -0.2) is 17.6 Å². The topological polar surface area (TPSA) is 66.6 Å². The molecule has 0 aliphatic carbocycles. The molecule has 0 unspecified atom stereocenters. The van der Waals surface area contributed by atoms with Gasteiger partial charge in [-0.3, -0.25) is 4.79 Å². The molecule has 0 saturated carbocycles. The predicted molar refractivity (Wildman–Crippen MR) is 84.5 cm³/mol. The number of amides is 1. The van der Waals surface area contributed by atoms with Crippen molar-refractivity contribution in [2.24, 2.45) is 5.73 Å². The fraction of sp³-hybridized carbons (Fsp3) is 0.235. The molecule has 4 heteroatoms. The summed E-state index contributed by atoms with van der Waals surface area (Å²) >= 11 is 0. The molecule has 0 heterocycles. The number of carbonyl (C=O) groups is 1. The Bertz CT molecular complexity index is 636. The van der Waals surface area contributed by atoms with Gasteiger partial charge in [-0.25, -0.2) is 0 Å². The second-order valence-corrected chi connectivity index (χ2v) is 4.89. The number of aromatic hydroxyl groups is 1. The summed E-state index contributed by atoms with van der Waals surface area (Å²) in [5.74, 6) is -0.168. The van der Waals surface area contributed by atoms with E-state index in [1.165, 1.54) is 0 Å². The van der Waals surface area contributed by atoms with Gasteiger partial charge in [0.25, 0.3) is 5.91 Å². The van der Waals surface area contributed by atoms with Gasteiger partial charge in [-0.2, -0.15) is 0 Å². The summed E-state index contributed by atoms with van der Waals surface area (Å²) in [5.41, 5.74) is 8.40. The molecule has 4 nitrogen and oxygen atoms in total. The smallest absolute Gasteiger partial charge is 0.262 e. The molecule has 0 bridgehead atoms. The lowest BCUT2D eigenvalue weighted by Gasteiger charge is -2.22. The zero-order valence-corrected chi connectivity index (χ0v) is 12.3. The van der Waals surface area contributed by atoms with Crippen molar-refractivity contribution in [1.82, 2.24) is 0 Å². The van der Waals surface area contributed by atoms with E-state index >= 15 is 0 Å². The second-order valence-electron chi connectivity index (χ2n) is 4.89. The number of hydrogen-bond acceptors (Lipinski definition) is 3. The average molecular weight is 284 g/mol. The summed E-state index contributed by atoms with van der Waals surface area (Å²) in [6, 6.07) is 12.7. The summed E-state index contributed by atoms with van der Waals surface area (Å²) in [6.45, 7) is 4.67. The van der Waals surface area contributed by atoms with E-state index in [2.05, 4.69) is 0 Å². The van der Waals surface area contributed by atoms with Gasteiger partial charge < -0.3 is 15.7 Å². The third-order valence-corrected chi connectivity index (χ3v) is 3.51. The van der Waals surface area contributed by atoms with Gasteiger partial charge in [0.05, 0.1) is 5.56 Å². The highest BCUT2D eigenvalue weighted by molar-refractivity contribution is 6.08. The van der Waals surface area contributed by atoms with Crippen LogP contribution in [0.5, 0.6) is 5.75 Å². The minimum absolute atomic E-state index is 0.0412. The summed E-state index contributed by atoms with van der Waals surface area (Å²) < 4.78 is 0. The molecule has 0 saturated heterocycles. The highest BCUT2D eigenvalue weighted by atomic mass is 16.3. The quantitative estimate of drug-likeness (QED) is 0.907. The highest BCUT2D eigenvalue weighted by Crippen LogP contribution is 2.25. The molecular weight excluding hydrogens is 264 g/mol. The first-order chi connectivity index (χ1) is 10.1. The number of benzene rings is 2. The molecule has 110 valence electrons. The molecule has 2 rings (SSSR count). The molecule has 0 radical (unpaired) electrons. The van der Waals surface area contributed by atoms with Crippen LogP contribution in [0.3, 0.4) is 0 Å². The van der Waals surface area contributed by atoms with E-state index in [0.29, 0.717) is 24.2 Å². The number of phenolic OH excluding ortho intramolecular Hbond substituents is 1. The summed E-state index contributed by atoms with van der Waals surface area (Å²) in [6.07, 6.45) is 0. The van der Waals surface area contributed by atoms with Crippen molar-refractivity contribution in [2.75, 3.05) is 11.4 Å². The molecule has 21 heavy (non-hydrogen) atoms.